The number of anilines is 2. The van der Waals surface area contributed by atoms with Crippen LogP contribution in [0.4, 0.5) is 33.6 Å². The highest BCUT2D eigenvalue weighted by atomic mass is 32.2. The second-order valence-electron chi connectivity index (χ2n) is 7.11. The van der Waals surface area contributed by atoms with Crippen LogP contribution < -0.4 is 10.5 Å². The lowest BCUT2D eigenvalue weighted by molar-refractivity contribution is 0.427. The van der Waals surface area contributed by atoms with Gasteiger partial charge in [0.15, 0.2) is 5.82 Å². The van der Waals surface area contributed by atoms with Gasteiger partial charge in [-0.05, 0) is 36.4 Å². The molecule has 0 aliphatic carbocycles. The van der Waals surface area contributed by atoms with Gasteiger partial charge >= 0.3 is 0 Å². The standard InChI is InChI=1S/C21H15F5N6O2S/c22-6-8-32-10-12(15-5-7-28-21(27)29-15)20(30-32)18-14(25)3-4-16(19(18)26)31-35(33,34)17-9-11(23)1-2-13(17)24/h1-5,7,9-10,31H,6,8H2,(H2,27,28,29). The zero-order valence-electron chi connectivity index (χ0n) is 17.5. The van der Waals surface area contributed by atoms with Gasteiger partial charge in [-0.15, -0.1) is 0 Å². The van der Waals surface area contributed by atoms with E-state index in [1.165, 1.54) is 18.5 Å². The predicted molar refractivity (Wildman–Crippen MR) is 116 cm³/mol. The molecule has 0 unspecified atom stereocenters. The second-order valence-corrected chi connectivity index (χ2v) is 8.76. The molecule has 0 aliphatic rings. The largest absolute Gasteiger partial charge is 0.368 e. The number of halogens is 5. The number of nitrogen functional groups attached to an aromatic ring is 1. The van der Waals surface area contributed by atoms with Gasteiger partial charge < -0.3 is 5.73 Å². The molecule has 2 aromatic carbocycles. The van der Waals surface area contributed by atoms with E-state index < -0.39 is 56.1 Å². The smallest absolute Gasteiger partial charge is 0.265 e. The highest BCUT2D eigenvalue weighted by molar-refractivity contribution is 7.92. The Bertz CT molecular complexity index is 1530. The fraction of sp³-hybridized carbons (Fsp3) is 0.0952. The van der Waals surface area contributed by atoms with E-state index in [1.54, 1.807) is 4.72 Å². The highest BCUT2D eigenvalue weighted by Crippen LogP contribution is 2.36. The van der Waals surface area contributed by atoms with Crippen LogP contribution in [0, 0.1) is 23.3 Å². The van der Waals surface area contributed by atoms with Crippen LogP contribution in [0.2, 0.25) is 0 Å². The Labute approximate surface area is 195 Å². The molecule has 0 spiro atoms. The van der Waals surface area contributed by atoms with E-state index in [0.717, 1.165) is 16.8 Å². The number of rotatable bonds is 7. The fourth-order valence-electron chi connectivity index (χ4n) is 3.25. The summed E-state index contributed by atoms with van der Waals surface area (Å²) in [7, 11) is -4.81. The molecule has 0 fully saturated rings. The third-order valence-electron chi connectivity index (χ3n) is 4.78. The van der Waals surface area contributed by atoms with E-state index in [9.17, 15) is 26.0 Å². The molecule has 0 saturated heterocycles. The molecule has 4 aromatic rings. The average Bonchev–Trinajstić information content (AvgIpc) is 3.21. The minimum absolute atomic E-state index is 0.0570. The van der Waals surface area contributed by atoms with Crippen LogP contribution in [0.25, 0.3) is 22.5 Å². The molecule has 0 bridgehead atoms. The second kappa shape index (κ2) is 9.29. The summed E-state index contributed by atoms with van der Waals surface area (Å²) in [6.45, 7) is -1.08. The number of aromatic nitrogens is 4. The molecule has 0 amide bonds. The summed E-state index contributed by atoms with van der Waals surface area (Å²) in [4.78, 5) is 6.65. The van der Waals surface area contributed by atoms with E-state index in [2.05, 4.69) is 15.1 Å². The number of aryl methyl sites for hydroxylation is 1. The number of nitrogens with zero attached hydrogens (tertiary/aromatic N) is 4. The molecule has 4 rings (SSSR count). The van der Waals surface area contributed by atoms with Crippen LogP contribution >= 0.6 is 0 Å². The van der Waals surface area contributed by atoms with Crippen LogP contribution in [0.5, 0.6) is 0 Å². The number of nitrogens with two attached hydrogens (primary N) is 1. The summed E-state index contributed by atoms with van der Waals surface area (Å²) in [5, 5.41) is 4.03. The first-order valence-corrected chi connectivity index (χ1v) is 11.3. The zero-order chi connectivity index (χ0) is 25.3. The van der Waals surface area contributed by atoms with Crippen LogP contribution in [-0.4, -0.2) is 34.8 Å². The van der Waals surface area contributed by atoms with Crippen molar-refractivity contribution in [2.75, 3.05) is 17.1 Å². The van der Waals surface area contributed by atoms with Crippen molar-refractivity contribution < 1.29 is 30.4 Å². The molecular formula is C21H15F5N6O2S. The first-order chi connectivity index (χ1) is 16.6. The minimum atomic E-state index is -4.81. The molecule has 3 N–H and O–H groups in total. The quantitative estimate of drug-likeness (QED) is 0.364. The molecule has 0 radical (unpaired) electrons. The first-order valence-electron chi connectivity index (χ1n) is 9.79. The van der Waals surface area contributed by atoms with Crippen molar-refractivity contribution >= 4 is 21.7 Å². The summed E-state index contributed by atoms with van der Waals surface area (Å²) >= 11 is 0. The van der Waals surface area contributed by atoms with E-state index in [4.69, 9.17) is 5.73 Å². The molecule has 35 heavy (non-hydrogen) atoms. The maximum Gasteiger partial charge on any atom is 0.265 e. The molecule has 182 valence electrons. The van der Waals surface area contributed by atoms with E-state index in [1.807, 2.05) is 0 Å². The predicted octanol–water partition coefficient (Wildman–Crippen LogP) is 3.92. The van der Waals surface area contributed by atoms with Crippen LogP contribution in [-0.2, 0) is 16.6 Å². The summed E-state index contributed by atoms with van der Waals surface area (Å²) in [6.07, 6.45) is 2.58. The molecular weight excluding hydrogens is 495 g/mol. The van der Waals surface area contributed by atoms with Gasteiger partial charge in [-0.2, -0.15) is 5.10 Å². The van der Waals surface area contributed by atoms with Crippen molar-refractivity contribution in [3.8, 4) is 22.5 Å². The molecule has 14 heteroatoms. The fourth-order valence-corrected chi connectivity index (χ4v) is 4.40. The summed E-state index contributed by atoms with van der Waals surface area (Å²) in [5.41, 5.74) is 3.90. The Morgan fingerprint density at radius 2 is 1.77 bits per heavy atom. The number of benzene rings is 2. The summed E-state index contributed by atoms with van der Waals surface area (Å²) < 4.78 is 98.9. The maximum atomic E-state index is 15.5. The van der Waals surface area contributed by atoms with E-state index >= 15 is 4.39 Å². The third-order valence-corrected chi connectivity index (χ3v) is 6.16. The van der Waals surface area contributed by atoms with Crippen LogP contribution in [0.1, 0.15) is 0 Å². The Morgan fingerprint density at radius 1 is 1.03 bits per heavy atom. The van der Waals surface area contributed by atoms with Crippen molar-refractivity contribution in [2.24, 2.45) is 0 Å². The van der Waals surface area contributed by atoms with E-state index in [0.29, 0.717) is 18.2 Å². The van der Waals surface area contributed by atoms with E-state index in [-0.39, 0.29) is 29.4 Å². The number of hydrogen-bond acceptors (Lipinski definition) is 6. The molecule has 0 aliphatic heterocycles. The molecule has 0 atom stereocenters. The van der Waals surface area contributed by atoms with Crippen molar-refractivity contribution in [3.63, 3.8) is 0 Å². The third kappa shape index (κ3) is 4.77. The Kier molecular flexibility index (Phi) is 6.39. The van der Waals surface area contributed by atoms with Crippen molar-refractivity contribution in [1.29, 1.82) is 0 Å². The Balaban J connectivity index is 1.85. The van der Waals surface area contributed by atoms with Crippen molar-refractivity contribution in [3.05, 3.63) is 72.1 Å². The lowest BCUT2D eigenvalue weighted by Gasteiger charge is -2.13. The molecule has 2 aromatic heterocycles. The van der Waals surface area contributed by atoms with Gasteiger partial charge in [0.2, 0.25) is 5.95 Å². The Hall–Kier alpha value is -4.07. The normalized spacial score (nSPS) is 11.6. The molecule has 0 saturated carbocycles. The van der Waals surface area contributed by atoms with Gasteiger partial charge in [-0.25, -0.2) is 40.3 Å². The highest BCUT2D eigenvalue weighted by Gasteiger charge is 2.27. The lowest BCUT2D eigenvalue weighted by Crippen LogP contribution is -2.16. The van der Waals surface area contributed by atoms with Crippen molar-refractivity contribution in [1.82, 2.24) is 19.7 Å². The topological polar surface area (TPSA) is 116 Å². The van der Waals surface area contributed by atoms with Gasteiger partial charge in [0.05, 0.1) is 23.5 Å². The number of sulfonamides is 1. The Morgan fingerprint density at radius 3 is 2.49 bits per heavy atom. The monoisotopic (exact) mass is 510 g/mol. The van der Waals surface area contributed by atoms with Gasteiger partial charge in [-0.1, -0.05) is 0 Å². The van der Waals surface area contributed by atoms with Crippen molar-refractivity contribution in [2.45, 2.75) is 11.4 Å². The zero-order valence-corrected chi connectivity index (χ0v) is 18.3. The van der Waals surface area contributed by atoms with Gasteiger partial charge in [0.1, 0.15) is 34.7 Å². The van der Waals surface area contributed by atoms with Gasteiger partial charge in [0.25, 0.3) is 10.0 Å². The van der Waals surface area contributed by atoms with Gasteiger partial charge in [-0.3, -0.25) is 9.40 Å². The number of hydrogen-bond donors (Lipinski definition) is 2. The average molecular weight is 510 g/mol. The SMILES string of the molecule is Nc1nccc(-c2cn(CCF)nc2-c2c(F)ccc(NS(=O)(=O)c3cc(F)ccc3F)c2F)n1. The summed E-state index contributed by atoms with van der Waals surface area (Å²) in [6, 6.07) is 4.62. The van der Waals surface area contributed by atoms with Crippen LogP contribution in [0.15, 0.2) is 53.7 Å². The minimum Gasteiger partial charge on any atom is -0.368 e. The maximum absolute atomic E-state index is 15.5. The van der Waals surface area contributed by atoms with Crippen LogP contribution in [0.3, 0.4) is 0 Å². The number of nitrogens with one attached hydrogen (secondary N) is 1. The number of alkyl halides is 1. The molecule has 8 nitrogen and oxygen atoms in total. The lowest BCUT2D eigenvalue weighted by atomic mass is 10.0. The molecule has 2 heterocycles. The van der Waals surface area contributed by atoms with Gasteiger partial charge in [0, 0.05) is 18.0 Å². The summed E-state index contributed by atoms with van der Waals surface area (Å²) in [5.74, 6) is -5.00. The first kappa shape index (κ1) is 24.1.